The van der Waals surface area contributed by atoms with Crippen molar-refractivity contribution < 1.29 is 18.0 Å². The molecule has 7 heteroatoms. The molecule has 0 aliphatic rings. The van der Waals surface area contributed by atoms with E-state index in [1.165, 1.54) is 12.1 Å². The number of rotatable bonds is 5. The minimum atomic E-state index is -4.57. The van der Waals surface area contributed by atoms with Gasteiger partial charge in [0.05, 0.1) is 16.3 Å². The van der Waals surface area contributed by atoms with Gasteiger partial charge in [0.15, 0.2) is 0 Å². The molecular weight excluding hydrogens is 293 g/mol. The Bertz CT molecular complexity index is 477. The van der Waals surface area contributed by atoms with Crippen molar-refractivity contribution in [2.75, 3.05) is 11.9 Å². The summed E-state index contributed by atoms with van der Waals surface area (Å²) in [5.74, 6) is -0.377. The van der Waals surface area contributed by atoms with E-state index in [2.05, 4.69) is 5.32 Å². The van der Waals surface area contributed by atoms with Crippen molar-refractivity contribution in [2.24, 2.45) is 11.7 Å². The van der Waals surface area contributed by atoms with E-state index in [-0.39, 0.29) is 17.4 Å². The Balaban J connectivity index is 2.84. The second kappa shape index (κ2) is 6.95. The largest absolute Gasteiger partial charge is 0.418 e. The maximum atomic E-state index is 12.8. The molecule has 0 aromatic heterocycles. The van der Waals surface area contributed by atoms with Crippen LogP contribution in [0.2, 0.25) is 5.02 Å². The monoisotopic (exact) mass is 308 g/mol. The molecule has 112 valence electrons. The number of carbonyl (C=O) groups is 1. The Labute approximate surface area is 120 Å². The number of anilines is 1. The molecule has 1 unspecified atom stereocenters. The quantitative estimate of drug-likeness (QED) is 0.872. The van der Waals surface area contributed by atoms with Crippen LogP contribution in [-0.2, 0) is 11.0 Å². The molecule has 0 radical (unpaired) electrons. The van der Waals surface area contributed by atoms with Crippen LogP contribution in [0, 0.1) is 5.92 Å². The maximum absolute atomic E-state index is 12.8. The van der Waals surface area contributed by atoms with Gasteiger partial charge in [-0.2, -0.15) is 13.2 Å². The first kappa shape index (κ1) is 16.8. The minimum Gasteiger partial charge on any atom is -0.330 e. The Morgan fingerprint density at radius 3 is 2.65 bits per heavy atom. The van der Waals surface area contributed by atoms with Gasteiger partial charge in [-0.3, -0.25) is 4.79 Å². The summed E-state index contributed by atoms with van der Waals surface area (Å²) in [7, 11) is 0. The number of benzene rings is 1. The second-order valence-electron chi connectivity index (χ2n) is 4.59. The van der Waals surface area contributed by atoms with Crippen LogP contribution < -0.4 is 11.1 Å². The summed E-state index contributed by atoms with van der Waals surface area (Å²) in [6.07, 6.45) is -3.97. The van der Waals surface area contributed by atoms with E-state index in [1.54, 1.807) is 0 Å². The van der Waals surface area contributed by atoms with Crippen molar-refractivity contribution in [1.82, 2.24) is 0 Å². The van der Waals surface area contributed by atoms with Crippen LogP contribution in [0.5, 0.6) is 0 Å². The predicted molar refractivity (Wildman–Crippen MR) is 72.5 cm³/mol. The lowest BCUT2D eigenvalue weighted by Gasteiger charge is -2.15. The fourth-order valence-electron chi connectivity index (χ4n) is 1.58. The van der Waals surface area contributed by atoms with Gasteiger partial charge in [-0.1, -0.05) is 24.6 Å². The zero-order chi connectivity index (χ0) is 15.3. The Morgan fingerprint density at radius 1 is 1.45 bits per heavy atom. The highest BCUT2D eigenvalue weighted by molar-refractivity contribution is 6.34. The number of amides is 1. The number of para-hydroxylation sites is 1. The third-order valence-corrected chi connectivity index (χ3v) is 3.16. The highest BCUT2D eigenvalue weighted by Crippen LogP contribution is 2.38. The molecule has 0 aliphatic heterocycles. The first-order chi connectivity index (χ1) is 9.25. The standard InChI is InChI=1S/C13H16ClF3N2O/c1-8(7-18)5-6-11(20)19-12-9(13(15,16)17)3-2-4-10(12)14/h2-4,8H,5-7,18H2,1H3,(H,19,20). The molecule has 1 rings (SSSR count). The van der Waals surface area contributed by atoms with E-state index in [9.17, 15) is 18.0 Å². The van der Waals surface area contributed by atoms with Gasteiger partial charge in [-0.05, 0) is 31.0 Å². The lowest BCUT2D eigenvalue weighted by Crippen LogP contribution is -2.19. The van der Waals surface area contributed by atoms with E-state index in [0.29, 0.717) is 13.0 Å². The molecule has 1 amide bonds. The smallest absolute Gasteiger partial charge is 0.330 e. The van der Waals surface area contributed by atoms with Gasteiger partial charge in [-0.15, -0.1) is 0 Å². The molecule has 1 aromatic rings. The molecule has 1 atom stereocenters. The fourth-order valence-corrected chi connectivity index (χ4v) is 1.81. The van der Waals surface area contributed by atoms with Crippen molar-refractivity contribution in [3.05, 3.63) is 28.8 Å². The fraction of sp³-hybridized carbons (Fsp3) is 0.462. The van der Waals surface area contributed by atoms with Crippen molar-refractivity contribution in [3.8, 4) is 0 Å². The van der Waals surface area contributed by atoms with Crippen molar-refractivity contribution in [2.45, 2.75) is 25.9 Å². The van der Waals surface area contributed by atoms with Gasteiger partial charge in [0.25, 0.3) is 0 Å². The Morgan fingerprint density at radius 2 is 2.10 bits per heavy atom. The minimum absolute atomic E-state index is 0.0981. The molecule has 0 aliphatic carbocycles. The molecule has 1 aromatic carbocycles. The third-order valence-electron chi connectivity index (χ3n) is 2.85. The first-order valence-corrected chi connectivity index (χ1v) is 6.49. The highest BCUT2D eigenvalue weighted by Gasteiger charge is 2.34. The molecule has 20 heavy (non-hydrogen) atoms. The third kappa shape index (κ3) is 4.68. The van der Waals surface area contributed by atoms with E-state index in [0.717, 1.165) is 6.07 Å². The number of nitrogens with one attached hydrogen (secondary N) is 1. The zero-order valence-electron chi connectivity index (χ0n) is 10.9. The molecule has 3 N–H and O–H groups in total. The maximum Gasteiger partial charge on any atom is 0.418 e. The average molecular weight is 309 g/mol. The summed E-state index contributed by atoms with van der Waals surface area (Å²) in [6, 6.07) is 3.37. The van der Waals surface area contributed by atoms with Crippen molar-refractivity contribution >= 4 is 23.2 Å². The van der Waals surface area contributed by atoms with Crippen LogP contribution in [0.15, 0.2) is 18.2 Å². The molecule has 0 fully saturated rings. The lowest BCUT2D eigenvalue weighted by atomic mass is 10.1. The van der Waals surface area contributed by atoms with Crippen LogP contribution in [-0.4, -0.2) is 12.5 Å². The number of hydrogen-bond donors (Lipinski definition) is 2. The molecule has 0 bridgehead atoms. The van der Waals surface area contributed by atoms with Crippen LogP contribution in [0.1, 0.15) is 25.3 Å². The highest BCUT2D eigenvalue weighted by atomic mass is 35.5. The van der Waals surface area contributed by atoms with E-state index in [4.69, 9.17) is 17.3 Å². The van der Waals surface area contributed by atoms with Gasteiger partial charge in [0, 0.05) is 6.42 Å². The van der Waals surface area contributed by atoms with Crippen molar-refractivity contribution in [3.63, 3.8) is 0 Å². The number of alkyl halides is 3. The van der Waals surface area contributed by atoms with Gasteiger partial charge in [0.2, 0.25) is 5.91 Å². The van der Waals surface area contributed by atoms with E-state index >= 15 is 0 Å². The number of carbonyl (C=O) groups excluding carboxylic acids is 1. The summed E-state index contributed by atoms with van der Waals surface area (Å²) in [5.41, 5.74) is 4.06. The SMILES string of the molecule is CC(CN)CCC(=O)Nc1c(Cl)cccc1C(F)(F)F. The molecule has 3 nitrogen and oxygen atoms in total. The summed E-state index contributed by atoms with van der Waals surface area (Å²) in [5, 5.41) is 2.09. The van der Waals surface area contributed by atoms with Crippen molar-refractivity contribution in [1.29, 1.82) is 0 Å². The van der Waals surface area contributed by atoms with Crippen LogP contribution in [0.3, 0.4) is 0 Å². The molecule has 0 spiro atoms. The topological polar surface area (TPSA) is 55.1 Å². The van der Waals surface area contributed by atoms with Crippen LogP contribution >= 0.6 is 11.6 Å². The molecule has 0 saturated heterocycles. The van der Waals surface area contributed by atoms with E-state index < -0.39 is 23.3 Å². The van der Waals surface area contributed by atoms with Gasteiger partial charge in [0.1, 0.15) is 0 Å². The number of halogens is 4. The van der Waals surface area contributed by atoms with Gasteiger partial charge in [-0.25, -0.2) is 0 Å². The lowest BCUT2D eigenvalue weighted by molar-refractivity contribution is -0.137. The summed E-state index contributed by atoms with van der Waals surface area (Å²) in [4.78, 5) is 11.7. The van der Waals surface area contributed by atoms with Crippen LogP contribution in [0.25, 0.3) is 0 Å². The molecule has 0 saturated carbocycles. The number of nitrogens with two attached hydrogens (primary N) is 1. The van der Waals surface area contributed by atoms with Gasteiger partial charge < -0.3 is 11.1 Å². The van der Waals surface area contributed by atoms with Gasteiger partial charge >= 0.3 is 6.18 Å². The Kier molecular flexibility index (Phi) is 5.83. The second-order valence-corrected chi connectivity index (χ2v) is 5.00. The normalized spacial score (nSPS) is 13.1. The Hall–Kier alpha value is -1.27. The van der Waals surface area contributed by atoms with E-state index in [1.807, 2.05) is 6.92 Å². The number of hydrogen-bond acceptors (Lipinski definition) is 2. The molecular formula is C13H16ClF3N2O. The zero-order valence-corrected chi connectivity index (χ0v) is 11.7. The summed E-state index contributed by atoms with van der Waals surface area (Å²) < 4.78 is 38.5. The predicted octanol–water partition coefficient (Wildman–Crippen LogP) is 3.67. The first-order valence-electron chi connectivity index (χ1n) is 6.11. The average Bonchev–Trinajstić information content (AvgIpc) is 2.37. The summed E-state index contributed by atoms with van der Waals surface area (Å²) in [6.45, 7) is 2.29. The van der Waals surface area contributed by atoms with Crippen LogP contribution in [0.4, 0.5) is 18.9 Å². The molecule has 0 heterocycles. The summed E-state index contributed by atoms with van der Waals surface area (Å²) >= 11 is 5.73.